The molecular formula is C16H19NO2S. The monoisotopic (exact) mass is 289 g/mol. The third-order valence-electron chi connectivity index (χ3n) is 3.77. The maximum Gasteiger partial charge on any atom is 0.162 e. The molecule has 106 valence electrons. The molecule has 0 radical (unpaired) electrons. The second-order valence-corrected chi connectivity index (χ2v) is 6.47. The standard InChI is InChI=1S/C16H19NO2S/c1-18-15-8-11-7-13(20-12-5-3-4-6-12)10-17-14(11)9-16(15)19-2/h7-10,12H,3-6H2,1-2H3. The highest BCUT2D eigenvalue weighted by molar-refractivity contribution is 8.00. The minimum absolute atomic E-state index is 0.726. The van der Waals surface area contributed by atoms with Crippen molar-refractivity contribution < 1.29 is 9.47 Å². The summed E-state index contributed by atoms with van der Waals surface area (Å²) in [5.41, 5.74) is 0.943. The number of nitrogens with zero attached hydrogens (tertiary/aromatic N) is 1. The molecule has 4 heteroatoms. The van der Waals surface area contributed by atoms with Gasteiger partial charge >= 0.3 is 0 Å². The molecule has 1 fully saturated rings. The second kappa shape index (κ2) is 5.92. The van der Waals surface area contributed by atoms with Gasteiger partial charge < -0.3 is 9.47 Å². The number of hydrogen-bond acceptors (Lipinski definition) is 4. The Hall–Kier alpha value is -1.42. The number of rotatable bonds is 4. The summed E-state index contributed by atoms with van der Waals surface area (Å²) in [6.45, 7) is 0. The van der Waals surface area contributed by atoms with Gasteiger partial charge in [-0.2, -0.15) is 0 Å². The molecule has 1 aromatic carbocycles. The third-order valence-corrected chi connectivity index (χ3v) is 5.07. The first-order valence-electron chi connectivity index (χ1n) is 6.98. The Kier molecular flexibility index (Phi) is 4.01. The molecule has 1 heterocycles. The van der Waals surface area contributed by atoms with Crippen LogP contribution in [-0.4, -0.2) is 24.5 Å². The molecule has 0 atom stereocenters. The van der Waals surface area contributed by atoms with E-state index in [1.54, 1.807) is 14.2 Å². The quantitative estimate of drug-likeness (QED) is 0.840. The fourth-order valence-corrected chi connectivity index (χ4v) is 3.96. The van der Waals surface area contributed by atoms with Crippen molar-refractivity contribution in [2.24, 2.45) is 0 Å². The lowest BCUT2D eigenvalue weighted by molar-refractivity contribution is 0.356. The topological polar surface area (TPSA) is 31.4 Å². The highest BCUT2D eigenvalue weighted by Gasteiger charge is 2.16. The number of aromatic nitrogens is 1. The van der Waals surface area contributed by atoms with E-state index in [2.05, 4.69) is 11.1 Å². The predicted octanol–water partition coefficient (Wildman–Crippen LogP) is 4.29. The minimum Gasteiger partial charge on any atom is -0.493 e. The molecular weight excluding hydrogens is 270 g/mol. The van der Waals surface area contributed by atoms with Crippen molar-refractivity contribution in [2.45, 2.75) is 35.8 Å². The number of fused-ring (bicyclic) bond motifs is 1. The molecule has 0 bridgehead atoms. The van der Waals surface area contributed by atoms with E-state index >= 15 is 0 Å². The van der Waals surface area contributed by atoms with Gasteiger partial charge in [0.1, 0.15) is 0 Å². The number of thioether (sulfide) groups is 1. The van der Waals surface area contributed by atoms with Crippen molar-refractivity contribution in [3.05, 3.63) is 24.4 Å². The molecule has 0 amide bonds. The Morgan fingerprint density at radius 3 is 2.45 bits per heavy atom. The summed E-state index contributed by atoms with van der Waals surface area (Å²) in [6.07, 6.45) is 7.36. The van der Waals surface area contributed by atoms with Crippen molar-refractivity contribution in [2.75, 3.05) is 14.2 Å². The Labute approximate surface area is 123 Å². The Bertz CT molecular complexity index is 609. The van der Waals surface area contributed by atoms with E-state index < -0.39 is 0 Å². The lowest BCUT2D eigenvalue weighted by atomic mass is 10.2. The van der Waals surface area contributed by atoms with Crippen LogP contribution in [0.25, 0.3) is 10.9 Å². The molecule has 1 aliphatic rings. The first kappa shape index (κ1) is 13.6. The maximum atomic E-state index is 5.36. The number of pyridine rings is 1. The minimum atomic E-state index is 0.726. The molecule has 20 heavy (non-hydrogen) atoms. The zero-order valence-corrected chi connectivity index (χ0v) is 12.7. The van der Waals surface area contributed by atoms with Gasteiger partial charge in [-0.05, 0) is 25.0 Å². The van der Waals surface area contributed by atoms with Crippen LogP contribution in [0.5, 0.6) is 11.5 Å². The molecule has 1 aromatic heterocycles. The molecule has 2 aromatic rings. The molecule has 0 saturated heterocycles. The number of benzene rings is 1. The summed E-state index contributed by atoms with van der Waals surface area (Å²) in [5.74, 6) is 1.48. The molecule has 0 N–H and O–H groups in total. The number of ether oxygens (including phenoxy) is 2. The van der Waals surface area contributed by atoms with Gasteiger partial charge in [-0.1, -0.05) is 12.8 Å². The molecule has 3 nitrogen and oxygen atoms in total. The van der Waals surface area contributed by atoms with E-state index in [9.17, 15) is 0 Å². The summed E-state index contributed by atoms with van der Waals surface area (Å²) in [7, 11) is 3.31. The summed E-state index contributed by atoms with van der Waals surface area (Å²) < 4.78 is 10.7. The van der Waals surface area contributed by atoms with Crippen LogP contribution in [-0.2, 0) is 0 Å². The van der Waals surface area contributed by atoms with Crippen LogP contribution in [0.2, 0.25) is 0 Å². The zero-order valence-electron chi connectivity index (χ0n) is 11.9. The van der Waals surface area contributed by atoms with Crippen molar-refractivity contribution in [3.63, 3.8) is 0 Å². The number of methoxy groups -OCH3 is 2. The summed E-state index contributed by atoms with van der Waals surface area (Å²) in [6, 6.07) is 6.13. The van der Waals surface area contributed by atoms with Crippen LogP contribution >= 0.6 is 11.8 Å². The SMILES string of the molecule is COc1cc2cc(SC3CCCC3)cnc2cc1OC. The first-order chi connectivity index (χ1) is 9.80. The van der Waals surface area contributed by atoms with Crippen LogP contribution in [0, 0.1) is 0 Å². The first-order valence-corrected chi connectivity index (χ1v) is 7.86. The van der Waals surface area contributed by atoms with E-state index in [4.69, 9.17) is 9.47 Å². The van der Waals surface area contributed by atoms with E-state index in [0.29, 0.717) is 0 Å². The Morgan fingerprint density at radius 1 is 1.05 bits per heavy atom. The van der Waals surface area contributed by atoms with Crippen LogP contribution < -0.4 is 9.47 Å². The molecule has 3 rings (SSSR count). The smallest absolute Gasteiger partial charge is 0.162 e. The van der Waals surface area contributed by atoms with Gasteiger partial charge in [-0.25, -0.2) is 0 Å². The highest BCUT2D eigenvalue weighted by Crippen LogP contribution is 2.37. The molecule has 0 aliphatic heterocycles. The maximum absolute atomic E-state index is 5.36. The van der Waals surface area contributed by atoms with Crippen molar-refractivity contribution in [1.29, 1.82) is 0 Å². The largest absolute Gasteiger partial charge is 0.493 e. The summed E-state index contributed by atoms with van der Waals surface area (Å²) >= 11 is 1.95. The Morgan fingerprint density at radius 2 is 1.75 bits per heavy atom. The van der Waals surface area contributed by atoms with Gasteiger partial charge in [0, 0.05) is 27.8 Å². The lowest BCUT2D eigenvalue weighted by Gasteiger charge is -2.11. The van der Waals surface area contributed by atoms with Crippen molar-refractivity contribution >= 4 is 22.7 Å². The van der Waals surface area contributed by atoms with Crippen LogP contribution in [0.3, 0.4) is 0 Å². The number of hydrogen-bond donors (Lipinski definition) is 0. The molecule has 1 saturated carbocycles. The molecule has 0 unspecified atom stereocenters. The Balaban J connectivity index is 1.93. The average Bonchev–Trinajstić information content (AvgIpc) is 2.98. The van der Waals surface area contributed by atoms with Gasteiger partial charge in [0.15, 0.2) is 11.5 Å². The summed E-state index contributed by atoms with van der Waals surface area (Å²) in [5, 5.41) is 1.86. The van der Waals surface area contributed by atoms with Gasteiger partial charge in [0.05, 0.1) is 19.7 Å². The van der Waals surface area contributed by atoms with Gasteiger partial charge in [0.2, 0.25) is 0 Å². The summed E-state index contributed by atoms with van der Waals surface area (Å²) in [4.78, 5) is 5.80. The van der Waals surface area contributed by atoms with Crippen molar-refractivity contribution in [3.8, 4) is 11.5 Å². The van der Waals surface area contributed by atoms with Crippen LogP contribution in [0.1, 0.15) is 25.7 Å². The van der Waals surface area contributed by atoms with Crippen molar-refractivity contribution in [1.82, 2.24) is 4.98 Å². The van der Waals surface area contributed by atoms with Crippen LogP contribution in [0.4, 0.5) is 0 Å². The van der Waals surface area contributed by atoms with E-state index in [1.165, 1.54) is 30.6 Å². The zero-order chi connectivity index (χ0) is 13.9. The normalized spacial score (nSPS) is 15.7. The third kappa shape index (κ3) is 2.70. The lowest BCUT2D eigenvalue weighted by Crippen LogP contribution is -1.94. The fourth-order valence-electron chi connectivity index (χ4n) is 2.70. The second-order valence-electron chi connectivity index (χ2n) is 5.10. The highest BCUT2D eigenvalue weighted by atomic mass is 32.2. The van der Waals surface area contributed by atoms with Gasteiger partial charge in [-0.3, -0.25) is 4.98 Å². The fraction of sp³-hybridized carbons (Fsp3) is 0.438. The van der Waals surface area contributed by atoms with E-state index in [-0.39, 0.29) is 0 Å². The predicted molar refractivity (Wildman–Crippen MR) is 83.0 cm³/mol. The van der Waals surface area contributed by atoms with Gasteiger partial charge in [0.25, 0.3) is 0 Å². The average molecular weight is 289 g/mol. The molecule has 0 spiro atoms. The van der Waals surface area contributed by atoms with Gasteiger partial charge in [-0.15, -0.1) is 11.8 Å². The van der Waals surface area contributed by atoms with E-state index in [1.807, 2.05) is 30.1 Å². The van der Waals surface area contributed by atoms with E-state index in [0.717, 1.165) is 27.7 Å². The van der Waals surface area contributed by atoms with Crippen LogP contribution in [0.15, 0.2) is 29.3 Å². The molecule has 1 aliphatic carbocycles.